The number of rotatable bonds is 6. The summed E-state index contributed by atoms with van der Waals surface area (Å²) in [5.74, 6) is -0.335. The molecule has 0 unspecified atom stereocenters. The van der Waals surface area contributed by atoms with Crippen molar-refractivity contribution in [3.05, 3.63) is 12.3 Å². The molecule has 1 N–H and O–H groups in total. The number of hydrogen-bond donors (Lipinski definition) is 1. The Morgan fingerprint density at radius 3 is 2.81 bits per heavy atom. The van der Waals surface area contributed by atoms with E-state index in [0.29, 0.717) is 6.61 Å². The molecule has 0 aliphatic heterocycles. The van der Waals surface area contributed by atoms with E-state index in [2.05, 4.69) is 14.5 Å². The Morgan fingerprint density at radius 2 is 2.31 bits per heavy atom. The summed E-state index contributed by atoms with van der Waals surface area (Å²) in [5, 5.41) is 6.85. The van der Waals surface area contributed by atoms with Crippen molar-refractivity contribution in [3.63, 3.8) is 0 Å². The molecule has 0 bridgehead atoms. The maximum Gasteiger partial charge on any atom is 0.449 e. The van der Waals surface area contributed by atoms with Crippen LogP contribution in [0.25, 0.3) is 0 Å². The fourth-order valence-corrected chi connectivity index (χ4v) is 1.11. The molecule has 0 fully saturated rings. The van der Waals surface area contributed by atoms with Gasteiger partial charge in [0.15, 0.2) is 11.4 Å². The van der Waals surface area contributed by atoms with Crippen LogP contribution in [0.15, 0.2) is 12.3 Å². The minimum atomic E-state index is -4.56. The summed E-state index contributed by atoms with van der Waals surface area (Å²) >= 11 is 0. The van der Waals surface area contributed by atoms with Gasteiger partial charge in [-0.2, -0.15) is 8.42 Å². The van der Waals surface area contributed by atoms with E-state index in [-0.39, 0.29) is 5.88 Å². The molecule has 1 rings (SSSR count). The van der Waals surface area contributed by atoms with Gasteiger partial charge in [-0.15, -0.1) is 0 Å². The highest BCUT2D eigenvalue weighted by molar-refractivity contribution is 7.81. The highest BCUT2D eigenvalue weighted by Crippen LogP contribution is 2.02. The Labute approximate surface area is 92.7 Å². The highest BCUT2D eigenvalue weighted by atomic mass is 32.3. The van der Waals surface area contributed by atoms with Crippen molar-refractivity contribution < 1.29 is 26.8 Å². The summed E-state index contributed by atoms with van der Waals surface area (Å²) < 4.78 is 33.1. The van der Waals surface area contributed by atoms with Crippen molar-refractivity contribution >= 4 is 10.4 Å². The second kappa shape index (κ2) is 5.56. The molecular formula is C7H12N3O5S+. The first kappa shape index (κ1) is 12.6. The summed E-state index contributed by atoms with van der Waals surface area (Å²) in [4.78, 5) is 6.18. The van der Waals surface area contributed by atoms with Gasteiger partial charge in [0.25, 0.3) is 0 Å². The van der Waals surface area contributed by atoms with Crippen molar-refractivity contribution in [2.45, 2.75) is 19.8 Å². The van der Waals surface area contributed by atoms with Crippen LogP contribution in [0.4, 0.5) is 0 Å². The molecule has 90 valence electrons. The van der Waals surface area contributed by atoms with Crippen LogP contribution < -0.4 is 13.9 Å². The zero-order valence-electron chi connectivity index (χ0n) is 8.61. The molecule has 0 aliphatic carbocycles. The van der Waals surface area contributed by atoms with Gasteiger partial charge in [0.1, 0.15) is 11.7 Å². The van der Waals surface area contributed by atoms with Crippen LogP contribution in [-0.2, 0) is 10.4 Å². The molecule has 0 amide bonds. The number of aromatic nitrogens is 3. The molecule has 16 heavy (non-hydrogen) atoms. The van der Waals surface area contributed by atoms with E-state index in [4.69, 9.17) is 9.39 Å². The average molecular weight is 250 g/mol. The minimum absolute atomic E-state index is 0.335. The molecule has 0 aliphatic rings. The lowest BCUT2D eigenvalue weighted by atomic mass is 10.4. The van der Waals surface area contributed by atoms with Gasteiger partial charge in [0.2, 0.25) is 0 Å². The van der Waals surface area contributed by atoms with Gasteiger partial charge in [-0.25, -0.2) is 0 Å². The second-order valence-corrected chi connectivity index (χ2v) is 3.87. The second-order valence-electron chi connectivity index (χ2n) is 2.84. The first-order valence-corrected chi connectivity index (χ1v) is 5.93. The molecule has 0 atom stereocenters. The van der Waals surface area contributed by atoms with Crippen LogP contribution >= 0.6 is 0 Å². The van der Waals surface area contributed by atoms with E-state index in [9.17, 15) is 8.42 Å². The van der Waals surface area contributed by atoms with E-state index in [1.807, 2.05) is 6.92 Å². The smallest absolute Gasteiger partial charge is 0.315 e. The van der Waals surface area contributed by atoms with Gasteiger partial charge < -0.3 is 9.02 Å². The predicted molar refractivity (Wildman–Crippen MR) is 50.8 cm³/mol. The van der Waals surface area contributed by atoms with Gasteiger partial charge in [-0.05, 0) is 6.42 Å². The van der Waals surface area contributed by atoms with E-state index in [1.54, 1.807) is 0 Å². The van der Waals surface area contributed by atoms with Crippen LogP contribution in [0.1, 0.15) is 19.8 Å². The minimum Gasteiger partial charge on any atom is -0.315 e. The zero-order chi connectivity index (χ0) is 12.0. The molecule has 0 saturated carbocycles. The third-order valence-corrected chi connectivity index (χ3v) is 1.87. The number of nitrogens with zero attached hydrogens (tertiary/aromatic N) is 3. The van der Waals surface area contributed by atoms with Crippen LogP contribution in [0.2, 0.25) is 0 Å². The summed E-state index contributed by atoms with van der Waals surface area (Å²) in [6.07, 6.45) is 3.18. The zero-order valence-corrected chi connectivity index (χ0v) is 9.42. The molecule has 0 saturated heterocycles. The van der Waals surface area contributed by atoms with Crippen molar-refractivity contribution in [2.24, 2.45) is 0 Å². The van der Waals surface area contributed by atoms with Crippen molar-refractivity contribution in [3.8, 4) is 5.88 Å². The quantitative estimate of drug-likeness (QED) is 0.399. The van der Waals surface area contributed by atoms with Gasteiger partial charge in [0.05, 0.1) is 10.9 Å². The van der Waals surface area contributed by atoms with Crippen molar-refractivity contribution in [1.82, 2.24) is 10.3 Å². The van der Waals surface area contributed by atoms with Gasteiger partial charge in [-0.3, -0.25) is 4.55 Å². The van der Waals surface area contributed by atoms with Crippen LogP contribution in [0, 0.1) is 0 Å². The lowest BCUT2D eigenvalue weighted by Gasteiger charge is -1.97. The third-order valence-electron chi connectivity index (χ3n) is 1.49. The maximum atomic E-state index is 10.3. The Balaban J connectivity index is 2.54. The normalized spacial score (nSPS) is 11.1. The summed E-state index contributed by atoms with van der Waals surface area (Å²) in [5.41, 5.74) is 0. The maximum absolute atomic E-state index is 10.3. The predicted octanol–water partition coefficient (Wildman–Crippen LogP) is -0.826. The molecule has 8 nitrogen and oxygen atoms in total. The molecule has 1 heterocycles. The largest absolute Gasteiger partial charge is 0.449 e. The fraction of sp³-hybridized carbons (Fsp3) is 0.571. The third kappa shape index (κ3) is 4.84. The SMILES string of the molecule is CCCCO[n+]1ccc(OS(=O)(=O)O)nn1. The molecule has 0 radical (unpaired) electrons. The van der Waals surface area contributed by atoms with E-state index >= 15 is 0 Å². The molecule has 1 aromatic rings. The van der Waals surface area contributed by atoms with Crippen LogP contribution in [0.3, 0.4) is 0 Å². The van der Waals surface area contributed by atoms with Gasteiger partial charge in [-0.1, -0.05) is 13.3 Å². The Hall–Kier alpha value is -1.48. The number of hydrogen-bond acceptors (Lipinski definition) is 6. The summed E-state index contributed by atoms with van der Waals surface area (Å²) in [6.45, 7) is 2.50. The standard InChI is InChI=1S/C7H11N3O5S/c1-2-3-6-14-10-5-4-7(8-9-10)15-16(11,12)13/h4-5H,2-3,6H2,1H3/p+1. The van der Waals surface area contributed by atoms with Gasteiger partial charge in [0, 0.05) is 0 Å². The molecule has 1 aromatic heterocycles. The van der Waals surface area contributed by atoms with Crippen LogP contribution in [0.5, 0.6) is 5.88 Å². The van der Waals surface area contributed by atoms with E-state index in [0.717, 1.165) is 17.7 Å². The molecule has 9 heteroatoms. The van der Waals surface area contributed by atoms with Crippen molar-refractivity contribution in [2.75, 3.05) is 6.61 Å². The molecule has 0 aromatic carbocycles. The first-order chi connectivity index (χ1) is 7.51. The van der Waals surface area contributed by atoms with E-state index in [1.165, 1.54) is 12.3 Å². The van der Waals surface area contributed by atoms with Crippen molar-refractivity contribution in [1.29, 1.82) is 0 Å². The summed E-state index contributed by atoms with van der Waals surface area (Å²) in [7, 11) is -4.56. The highest BCUT2D eigenvalue weighted by Gasteiger charge is 2.14. The fourth-order valence-electron chi connectivity index (χ4n) is 0.802. The topological polar surface area (TPSA) is 102 Å². The first-order valence-electron chi connectivity index (χ1n) is 4.57. The Morgan fingerprint density at radius 1 is 1.56 bits per heavy atom. The lowest BCUT2D eigenvalue weighted by Crippen LogP contribution is -2.47. The average Bonchev–Trinajstić information content (AvgIpc) is 2.19. The van der Waals surface area contributed by atoms with Gasteiger partial charge >= 0.3 is 16.3 Å². The molecule has 0 spiro atoms. The Bertz CT molecular complexity index is 418. The summed E-state index contributed by atoms with van der Waals surface area (Å²) in [6, 6.07) is 1.20. The monoisotopic (exact) mass is 250 g/mol. The lowest BCUT2D eigenvalue weighted by molar-refractivity contribution is -0.938. The number of unbranched alkanes of at least 4 members (excludes halogenated alkanes) is 1. The van der Waals surface area contributed by atoms with Crippen LogP contribution in [-0.4, -0.2) is 29.9 Å². The van der Waals surface area contributed by atoms with E-state index < -0.39 is 10.4 Å². The molecular weight excluding hydrogens is 238 g/mol. The Kier molecular flexibility index (Phi) is 4.38.